The second-order valence-corrected chi connectivity index (χ2v) is 5.72. The van der Waals surface area contributed by atoms with E-state index in [1.165, 1.54) is 31.4 Å². The summed E-state index contributed by atoms with van der Waals surface area (Å²) in [4.78, 5) is 2.64. The number of benzene rings is 1. The van der Waals surface area contributed by atoms with E-state index in [0.29, 0.717) is 18.1 Å². The van der Waals surface area contributed by atoms with E-state index in [-0.39, 0.29) is 0 Å². The highest BCUT2D eigenvalue weighted by Gasteiger charge is 2.40. The molecule has 1 aromatic rings. The van der Waals surface area contributed by atoms with Crippen LogP contribution < -0.4 is 15.0 Å². The number of ether oxygens (including phenoxy) is 1. The Morgan fingerprint density at radius 2 is 2.00 bits per heavy atom. The largest absolute Gasteiger partial charge is 0.497 e. The van der Waals surface area contributed by atoms with Crippen molar-refractivity contribution in [1.29, 1.82) is 0 Å². The molecule has 2 aliphatic rings. The molecule has 2 saturated heterocycles. The van der Waals surface area contributed by atoms with Crippen molar-refractivity contribution >= 4 is 5.69 Å². The van der Waals surface area contributed by atoms with E-state index in [1.54, 1.807) is 7.11 Å². The van der Waals surface area contributed by atoms with Gasteiger partial charge in [0.2, 0.25) is 0 Å². The maximum atomic E-state index is 5.36. The highest BCUT2D eigenvalue weighted by atomic mass is 16.5. The van der Waals surface area contributed by atoms with E-state index in [2.05, 4.69) is 35.3 Å². The van der Waals surface area contributed by atoms with Gasteiger partial charge < -0.3 is 15.0 Å². The van der Waals surface area contributed by atoms with Crippen molar-refractivity contribution in [2.75, 3.05) is 18.6 Å². The molecule has 2 unspecified atom stereocenters. The second-order valence-electron chi connectivity index (χ2n) is 5.72. The van der Waals surface area contributed by atoms with Crippen LogP contribution >= 0.6 is 0 Å². The van der Waals surface area contributed by atoms with Crippen LogP contribution in [-0.4, -0.2) is 31.8 Å². The topological polar surface area (TPSA) is 24.5 Å². The van der Waals surface area contributed by atoms with Crippen LogP contribution in [0.3, 0.4) is 0 Å². The Kier molecular flexibility index (Phi) is 3.65. The van der Waals surface area contributed by atoms with Crippen molar-refractivity contribution in [1.82, 2.24) is 5.32 Å². The summed E-state index contributed by atoms with van der Waals surface area (Å²) in [6, 6.07) is 10.6. The number of rotatable bonds is 4. The fourth-order valence-corrected chi connectivity index (χ4v) is 3.83. The molecule has 2 heterocycles. The molecule has 0 radical (unpaired) electrons. The summed E-state index contributed by atoms with van der Waals surface area (Å²) in [6.45, 7) is 3.29. The van der Waals surface area contributed by atoms with Gasteiger partial charge in [-0.15, -0.1) is 0 Å². The van der Waals surface area contributed by atoms with Crippen molar-refractivity contribution in [3.63, 3.8) is 0 Å². The zero-order chi connectivity index (χ0) is 13.2. The number of hydrogen-bond acceptors (Lipinski definition) is 3. The molecule has 0 saturated carbocycles. The van der Waals surface area contributed by atoms with Gasteiger partial charge in [0.25, 0.3) is 0 Å². The van der Waals surface area contributed by atoms with Crippen LogP contribution in [0.2, 0.25) is 0 Å². The van der Waals surface area contributed by atoms with Gasteiger partial charge in [-0.05, 0) is 44.4 Å². The molecule has 2 atom stereocenters. The number of nitrogens with zero attached hydrogens (tertiary/aromatic N) is 1. The molecule has 2 fully saturated rings. The molecule has 0 amide bonds. The molecular formula is C16H24N2O. The molecule has 1 N–H and O–H groups in total. The molecule has 2 bridgehead atoms. The lowest BCUT2D eigenvalue weighted by Crippen LogP contribution is -2.49. The van der Waals surface area contributed by atoms with Gasteiger partial charge in [-0.1, -0.05) is 13.0 Å². The molecule has 1 aromatic carbocycles. The zero-order valence-electron chi connectivity index (χ0n) is 11.9. The molecule has 3 heteroatoms. The van der Waals surface area contributed by atoms with Gasteiger partial charge in [0.15, 0.2) is 0 Å². The van der Waals surface area contributed by atoms with Crippen LogP contribution in [-0.2, 0) is 0 Å². The SMILES string of the molecule is CCNC1CC2CCC(C1)N2c1cccc(OC)c1. The van der Waals surface area contributed by atoms with Crippen molar-refractivity contribution in [3.05, 3.63) is 24.3 Å². The summed E-state index contributed by atoms with van der Waals surface area (Å²) < 4.78 is 5.36. The highest BCUT2D eigenvalue weighted by molar-refractivity contribution is 5.54. The maximum absolute atomic E-state index is 5.36. The van der Waals surface area contributed by atoms with Gasteiger partial charge in [-0.2, -0.15) is 0 Å². The van der Waals surface area contributed by atoms with Crippen LogP contribution in [0.15, 0.2) is 24.3 Å². The Morgan fingerprint density at radius 1 is 1.26 bits per heavy atom. The summed E-state index contributed by atoms with van der Waals surface area (Å²) in [5, 5.41) is 3.63. The third-order valence-electron chi connectivity index (χ3n) is 4.58. The fourth-order valence-electron chi connectivity index (χ4n) is 3.83. The maximum Gasteiger partial charge on any atom is 0.120 e. The summed E-state index contributed by atoms with van der Waals surface area (Å²) in [7, 11) is 1.74. The fraction of sp³-hybridized carbons (Fsp3) is 0.625. The quantitative estimate of drug-likeness (QED) is 0.901. The van der Waals surface area contributed by atoms with Crippen LogP contribution in [0.5, 0.6) is 5.75 Å². The normalized spacial score (nSPS) is 29.6. The van der Waals surface area contributed by atoms with Crippen molar-refractivity contribution in [2.24, 2.45) is 0 Å². The van der Waals surface area contributed by atoms with Gasteiger partial charge in [-0.25, -0.2) is 0 Å². The number of piperidine rings is 1. The summed E-state index contributed by atoms with van der Waals surface area (Å²) >= 11 is 0. The minimum Gasteiger partial charge on any atom is -0.497 e. The smallest absolute Gasteiger partial charge is 0.120 e. The molecule has 2 aliphatic heterocycles. The zero-order valence-corrected chi connectivity index (χ0v) is 11.9. The number of anilines is 1. The molecule has 19 heavy (non-hydrogen) atoms. The molecule has 104 valence electrons. The van der Waals surface area contributed by atoms with E-state index >= 15 is 0 Å². The molecule has 0 aromatic heterocycles. The highest BCUT2D eigenvalue weighted by Crippen LogP contribution is 2.40. The van der Waals surface area contributed by atoms with Gasteiger partial charge in [0, 0.05) is 29.9 Å². The standard InChI is InChI=1S/C16H24N2O/c1-3-17-12-9-14-7-8-15(10-12)18(14)13-5-4-6-16(11-13)19-2/h4-6,11-12,14-15,17H,3,7-10H2,1-2H3. The van der Waals surface area contributed by atoms with Crippen LogP contribution in [0.1, 0.15) is 32.6 Å². The number of nitrogens with one attached hydrogen (secondary N) is 1. The van der Waals surface area contributed by atoms with Crippen LogP contribution in [0.4, 0.5) is 5.69 Å². The second kappa shape index (κ2) is 5.41. The van der Waals surface area contributed by atoms with Crippen molar-refractivity contribution < 1.29 is 4.74 Å². The van der Waals surface area contributed by atoms with E-state index in [9.17, 15) is 0 Å². The third kappa shape index (κ3) is 2.44. The average Bonchev–Trinajstić information content (AvgIpc) is 2.71. The van der Waals surface area contributed by atoms with Gasteiger partial charge in [0.1, 0.15) is 5.75 Å². The minimum absolute atomic E-state index is 0.704. The van der Waals surface area contributed by atoms with Crippen molar-refractivity contribution in [2.45, 2.75) is 50.7 Å². The van der Waals surface area contributed by atoms with E-state index < -0.39 is 0 Å². The Hall–Kier alpha value is -1.22. The van der Waals surface area contributed by atoms with E-state index in [0.717, 1.165) is 12.3 Å². The lowest BCUT2D eigenvalue weighted by atomic mass is 9.96. The number of hydrogen-bond donors (Lipinski definition) is 1. The lowest BCUT2D eigenvalue weighted by molar-refractivity contribution is 0.361. The van der Waals surface area contributed by atoms with Gasteiger partial charge >= 0.3 is 0 Å². The Labute approximate surface area is 115 Å². The third-order valence-corrected chi connectivity index (χ3v) is 4.58. The molecule has 0 aliphatic carbocycles. The first kappa shape index (κ1) is 12.8. The van der Waals surface area contributed by atoms with E-state index in [1.807, 2.05) is 6.07 Å². The van der Waals surface area contributed by atoms with Gasteiger partial charge in [0.05, 0.1) is 7.11 Å². The molecular weight excluding hydrogens is 236 g/mol. The van der Waals surface area contributed by atoms with Gasteiger partial charge in [-0.3, -0.25) is 0 Å². The Morgan fingerprint density at radius 3 is 2.63 bits per heavy atom. The van der Waals surface area contributed by atoms with Crippen LogP contribution in [0.25, 0.3) is 0 Å². The van der Waals surface area contributed by atoms with Crippen molar-refractivity contribution in [3.8, 4) is 5.75 Å². The number of methoxy groups -OCH3 is 1. The van der Waals surface area contributed by atoms with Crippen LogP contribution in [0, 0.1) is 0 Å². The lowest BCUT2D eigenvalue weighted by Gasteiger charge is -2.41. The molecule has 3 rings (SSSR count). The summed E-state index contributed by atoms with van der Waals surface area (Å²) in [5.74, 6) is 0.964. The number of fused-ring (bicyclic) bond motifs is 2. The average molecular weight is 260 g/mol. The predicted molar refractivity (Wildman–Crippen MR) is 79.0 cm³/mol. The monoisotopic (exact) mass is 260 g/mol. The first-order chi connectivity index (χ1) is 9.31. The summed E-state index contributed by atoms with van der Waals surface area (Å²) in [6.07, 6.45) is 5.23. The predicted octanol–water partition coefficient (Wildman–Crippen LogP) is 2.80. The Bertz CT molecular complexity index is 421. The first-order valence-corrected chi connectivity index (χ1v) is 7.47. The molecule has 0 spiro atoms. The minimum atomic E-state index is 0.704. The van der Waals surface area contributed by atoms with E-state index in [4.69, 9.17) is 4.74 Å². The first-order valence-electron chi connectivity index (χ1n) is 7.47. The Balaban J connectivity index is 1.79. The summed E-state index contributed by atoms with van der Waals surface area (Å²) in [5.41, 5.74) is 1.33. The molecule has 3 nitrogen and oxygen atoms in total.